The number of aromatic carboxylic acids is 1. The largest absolute Gasteiger partial charge is 0.573 e. The van der Waals surface area contributed by atoms with E-state index in [0.717, 1.165) is 35.7 Å². The van der Waals surface area contributed by atoms with Crippen molar-refractivity contribution in [3.05, 3.63) is 83.5 Å². The lowest BCUT2D eigenvalue weighted by Gasteiger charge is -2.14. The monoisotopic (exact) mass is 533 g/mol. The molecule has 1 saturated carbocycles. The molecule has 0 unspecified atom stereocenters. The van der Waals surface area contributed by atoms with Crippen LogP contribution >= 0.6 is 0 Å². The van der Waals surface area contributed by atoms with E-state index in [-0.39, 0.29) is 11.1 Å². The first kappa shape index (κ1) is 24.7. The van der Waals surface area contributed by atoms with Crippen LogP contribution in [0, 0.1) is 13.8 Å². The third-order valence-electron chi connectivity index (χ3n) is 6.92. The summed E-state index contributed by atoms with van der Waals surface area (Å²) in [5.74, 6) is -0.986. The zero-order chi connectivity index (χ0) is 27.5. The van der Waals surface area contributed by atoms with E-state index in [0.29, 0.717) is 39.5 Å². The zero-order valence-electron chi connectivity index (χ0n) is 20.9. The van der Waals surface area contributed by atoms with Gasteiger partial charge >= 0.3 is 12.3 Å². The number of carboxylic acid groups (broad SMARTS) is 1. The van der Waals surface area contributed by atoms with Gasteiger partial charge in [-0.3, -0.25) is 0 Å². The van der Waals surface area contributed by atoms with Crippen LogP contribution in [0.2, 0.25) is 0 Å². The Bertz CT molecular complexity index is 1730. The molecule has 7 nitrogen and oxygen atoms in total. The average molecular weight is 534 g/mol. The first-order valence-electron chi connectivity index (χ1n) is 12.3. The molecular formula is C29H22F3N3O4. The second-order valence-corrected chi connectivity index (χ2v) is 9.60. The molecule has 0 atom stereocenters. The van der Waals surface area contributed by atoms with Gasteiger partial charge in [0.2, 0.25) is 0 Å². The highest BCUT2D eigenvalue weighted by Crippen LogP contribution is 2.45. The average Bonchev–Trinajstić information content (AvgIpc) is 3.59. The number of hydrogen-bond donors (Lipinski definition) is 1. The molecule has 0 saturated heterocycles. The third-order valence-corrected chi connectivity index (χ3v) is 6.92. The Morgan fingerprint density at radius 2 is 1.87 bits per heavy atom. The molecule has 10 heteroatoms. The van der Waals surface area contributed by atoms with Crippen LogP contribution in [0.3, 0.4) is 0 Å². The molecule has 2 aromatic carbocycles. The fourth-order valence-corrected chi connectivity index (χ4v) is 5.07. The van der Waals surface area contributed by atoms with Crippen molar-refractivity contribution in [3.63, 3.8) is 0 Å². The van der Waals surface area contributed by atoms with Crippen LogP contribution in [0.5, 0.6) is 5.75 Å². The minimum atomic E-state index is -5.02. The van der Waals surface area contributed by atoms with Gasteiger partial charge in [-0.2, -0.15) is 0 Å². The number of carboxylic acids is 1. The van der Waals surface area contributed by atoms with E-state index < -0.39 is 18.1 Å². The molecule has 0 spiro atoms. The Balaban J connectivity index is 1.64. The summed E-state index contributed by atoms with van der Waals surface area (Å²) < 4.78 is 51.8. The van der Waals surface area contributed by atoms with Gasteiger partial charge in [0.25, 0.3) is 0 Å². The molecule has 5 aromatic rings. The lowest BCUT2D eigenvalue weighted by Crippen LogP contribution is -2.18. The number of aromatic nitrogens is 3. The van der Waals surface area contributed by atoms with Crippen molar-refractivity contribution in [1.82, 2.24) is 14.7 Å². The summed E-state index contributed by atoms with van der Waals surface area (Å²) in [7, 11) is 0. The molecule has 3 aromatic heterocycles. The van der Waals surface area contributed by atoms with Gasteiger partial charge in [0, 0.05) is 40.0 Å². The quantitative estimate of drug-likeness (QED) is 0.244. The summed E-state index contributed by atoms with van der Waals surface area (Å²) in [6, 6.07) is 13.2. The van der Waals surface area contributed by atoms with Crippen LogP contribution in [0.4, 0.5) is 13.2 Å². The van der Waals surface area contributed by atoms with Crippen LogP contribution in [0.25, 0.3) is 39.0 Å². The number of para-hydroxylation sites is 1. The molecule has 198 valence electrons. The topological polar surface area (TPSA) is 90.4 Å². The summed E-state index contributed by atoms with van der Waals surface area (Å²) in [4.78, 5) is 16.3. The molecule has 6 rings (SSSR count). The maximum absolute atomic E-state index is 13.4. The maximum Gasteiger partial charge on any atom is 0.573 e. The van der Waals surface area contributed by atoms with Crippen LogP contribution < -0.4 is 4.74 Å². The number of benzene rings is 2. The van der Waals surface area contributed by atoms with Gasteiger partial charge in [0.1, 0.15) is 17.2 Å². The van der Waals surface area contributed by atoms with E-state index in [4.69, 9.17) is 9.51 Å². The predicted molar refractivity (Wildman–Crippen MR) is 137 cm³/mol. The van der Waals surface area contributed by atoms with Crippen molar-refractivity contribution >= 4 is 17.0 Å². The second-order valence-electron chi connectivity index (χ2n) is 9.60. The predicted octanol–water partition coefficient (Wildman–Crippen LogP) is 7.44. The molecule has 1 fully saturated rings. The fraction of sp³-hybridized carbons (Fsp3) is 0.207. The van der Waals surface area contributed by atoms with Gasteiger partial charge in [-0.05, 0) is 68.5 Å². The number of fused-ring (bicyclic) bond motifs is 1. The van der Waals surface area contributed by atoms with Crippen molar-refractivity contribution in [2.24, 2.45) is 0 Å². The van der Waals surface area contributed by atoms with Crippen molar-refractivity contribution in [3.8, 4) is 33.7 Å². The van der Waals surface area contributed by atoms with E-state index in [1.807, 2.05) is 28.8 Å². The number of aryl methyl sites for hydroxylation is 2. The minimum Gasteiger partial charge on any atom is -0.478 e. The smallest absolute Gasteiger partial charge is 0.478 e. The lowest BCUT2D eigenvalue weighted by molar-refractivity contribution is -0.274. The second kappa shape index (κ2) is 9.00. The normalized spacial score (nSPS) is 13.7. The van der Waals surface area contributed by atoms with Crippen LogP contribution in [-0.4, -0.2) is 32.1 Å². The highest BCUT2D eigenvalue weighted by Gasteiger charge is 2.33. The molecule has 0 radical (unpaired) electrons. The number of pyridine rings is 1. The van der Waals surface area contributed by atoms with Gasteiger partial charge in [0.15, 0.2) is 0 Å². The highest BCUT2D eigenvalue weighted by atomic mass is 19.4. The molecule has 39 heavy (non-hydrogen) atoms. The summed E-state index contributed by atoms with van der Waals surface area (Å²) in [6.45, 7) is 3.57. The van der Waals surface area contributed by atoms with Crippen molar-refractivity contribution < 1.29 is 32.3 Å². The molecule has 0 aliphatic heterocycles. The Morgan fingerprint density at radius 3 is 2.54 bits per heavy atom. The molecule has 0 amide bonds. The standard InChI is InChI=1S/C29H22F3N3O4/c1-15-26(16(2)39-34-15)19-11-22-23(21-10-9-18(28(36)37)12-25(21)38-29(30,31)32)14-35(27(22)33-13-19)24-6-4-3-5-20(24)17-7-8-17/h3-6,9-14,17H,7-8H2,1-2H3,(H,36,37). The Morgan fingerprint density at radius 1 is 1.10 bits per heavy atom. The highest BCUT2D eigenvalue weighted by molar-refractivity contribution is 6.00. The summed E-state index contributed by atoms with van der Waals surface area (Å²) in [6.07, 6.45) is 0.521. The lowest BCUT2D eigenvalue weighted by atomic mass is 10.00. The summed E-state index contributed by atoms with van der Waals surface area (Å²) in [5.41, 5.74) is 4.81. The number of alkyl halides is 3. The van der Waals surface area contributed by atoms with E-state index in [1.165, 1.54) is 12.1 Å². The fourth-order valence-electron chi connectivity index (χ4n) is 5.07. The van der Waals surface area contributed by atoms with Crippen molar-refractivity contribution in [2.75, 3.05) is 0 Å². The SMILES string of the molecule is Cc1noc(C)c1-c1cnc2c(c1)c(-c1ccc(C(=O)O)cc1OC(F)(F)F)cn2-c1ccccc1C1CC1. The van der Waals surface area contributed by atoms with Gasteiger partial charge < -0.3 is 18.9 Å². The first-order chi connectivity index (χ1) is 18.6. The Labute approximate surface area is 220 Å². The van der Waals surface area contributed by atoms with Crippen LogP contribution in [-0.2, 0) is 0 Å². The van der Waals surface area contributed by atoms with Crippen molar-refractivity contribution in [2.45, 2.75) is 39.0 Å². The molecule has 1 aliphatic rings. The van der Waals surface area contributed by atoms with E-state index in [9.17, 15) is 23.1 Å². The molecular weight excluding hydrogens is 511 g/mol. The Kier molecular flexibility index (Phi) is 5.71. The molecule has 0 bridgehead atoms. The van der Waals surface area contributed by atoms with Crippen molar-refractivity contribution in [1.29, 1.82) is 0 Å². The molecule has 1 N–H and O–H groups in total. The molecule has 1 aliphatic carbocycles. The van der Waals surface area contributed by atoms with Gasteiger partial charge in [-0.25, -0.2) is 9.78 Å². The summed E-state index contributed by atoms with van der Waals surface area (Å²) in [5, 5.41) is 14.0. The Hall–Kier alpha value is -4.60. The third kappa shape index (κ3) is 4.52. The number of carbonyl (C=O) groups is 1. The number of ether oxygens (including phenoxy) is 1. The van der Waals surface area contributed by atoms with Gasteiger partial charge in [0.05, 0.1) is 16.9 Å². The number of rotatable bonds is 6. The number of hydrogen-bond acceptors (Lipinski definition) is 5. The van der Waals surface area contributed by atoms with E-state index in [2.05, 4.69) is 16.0 Å². The molecule has 3 heterocycles. The van der Waals surface area contributed by atoms with E-state index in [1.54, 1.807) is 26.2 Å². The number of halogens is 3. The summed E-state index contributed by atoms with van der Waals surface area (Å²) >= 11 is 0. The first-order valence-corrected chi connectivity index (χ1v) is 12.3. The maximum atomic E-state index is 13.4. The minimum absolute atomic E-state index is 0.0858. The number of nitrogens with zero attached hydrogens (tertiary/aromatic N) is 3. The zero-order valence-corrected chi connectivity index (χ0v) is 20.9. The van der Waals surface area contributed by atoms with Gasteiger partial charge in [-0.15, -0.1) is 13.2 Å². The van der Waals surface area contributed by atoms with Crippen LogP contribution in [0.15, 0.2) is 65.4 Å². The van der Waals surface area contributed by atoms with Crippen LogP contribution in [0.1, 0.15) is 46.1 Å². The van der Waals surface area contributed by atoms with E-state index >= 15 is 0 Å². The van der Waals surface area contributed by atoms with Gasteiger partial charge in [-0.1, -0.05) is 23.4 Å².